The van der Waals surface area contributed by atoms with Crippen LogP contribution in [0.5, 0.6) is 11.5 Å². The molecule has 0 atom stereocenters. The number of halogens is 1. The Morgan fingerprint density at radius 1 is 1.00 bits per heavy atom. The highest BCUT2D eigenvalue weighted by molar-refractivity contribution is 6.32. The zero-order valence-electron chi connectivity index (χ0n) is 18.2. The van der Waals surface area contributed by atoms with Crippen molar-refractivity contribution in [1.29, 1.82) is 0 Å². The fourth-order valence-corrected chi connectivity index (χ4v) is 3.66. The first-order chi connectivity index (χ1) is 16.0. The summed E-state index contributed by atoms with van der Waals surface area (Å²) in [6, 6.07) is 18.7. The monoisotopic (exact) mass is 463 g/mol. The molecule has 0 aliphatic rings. The SMILES string of the molecule is CCCOc1cccc(C(=O)Nc2c(C(=O)c3ccc(OC)c(Cl)c3)oc3ccccc23)c1. The molecule has 0 unspecified atom stereocenters. The molecule has 33 heavy (non-hydrogen) atoms. The second kappa shape index (κ2) is 9.79. The number of fused-ring (bicyclic) bond motifs is 1. The van der Waals surface area contributed by atoms with Gasteiger partial charge in [-0.05, 0) is 55.0 Å². The first kappa shape index (κ1) is 22.4. The Hall–Kier alpha value is -3.77. The van der Waals surface area contributed by atoms with Crippen molar-refractivity contribution in [3.8, 4) is 11.5 Å². The van der Waals surface area contributed by atoms with Gasteiger partial charge in [0, 0.05) is 16.5 Å². The first-order valence-electron chi connectivity index (χ1n) is 10.5. The molecule has 4 aromatic rings. The van der Waals surface area contributed by atoms with E-state index in [2.05, 4.69) is 5.32 Å². The molecule has 0 aliphatic carbocycles. The first-order valence-corrected chi connectivity index (χ1v) is 10.8. The Morgan fingerprint density at radius 3 is 2.58 bits per heavy atom. The molecule has 4 rings (SSSR count). The average Bonchev–Trinajstić information content (AvgIpc) is 3.20. The van der Waals surface area contributed by atoms with Gasteiger partial charge in [0.05, 0.1) is 24.4 Å². The molecular weight excluding hydrogens is 442 g/mol. The zero-order valence-corrected chi connectivity index (χ0v) is 18.9. The molecular formula is C26H22ClNO5. The van der Waals surface area contributed by atoms with Gasteiger partial charge in [0.15, 0.2) is 5.76 Å². The van der Waals surface area contributed by atoms with Gasteiger partial charge < -0.3 is 19.2 Å². The Balaban J connectivity index is 1.71. The molecule has 6 nitrogen and oxygen atoms in total. The van der Waals surface area contributed by atoms with Crippen LogP contribution in [-0.2, 0) is 0 Å². The second-order valence-corrected chi connectivity index (χ2v) is 7.72. The smallest absolute Gasteiger partial charge is 0.255 e. The van der Waals surface area contributed by atoms with Crippen LogP contribution >= 0.6 is 11.6 Å². The molecule has 0 saturated heterocycles. The Morgan fingerprint density at radius 2 is 1.82 bits per heavy atom. The van der Waals surface area contributed by atoms with Gasteiger partial charge in [-0.3, -0.25) is 9.59 Å². The van der Waals surface area contributed by atoms with E-state index in [9.17, 15) is 9.59 Å². The minimum Gasteiger partial charge on any atom is -0.495 e. The number of methoxy groups -OCH3 is 1. The molecule has 1 heterocycles. The van der Waals surface area contributed by atoms with Crippen molar-refractivity contribution < 1.29 is 23.5 Å². The van der Waals surface area contributed by atoms with Gasteiger partial charge in [-0.15, -0.1) is 0 Å². The van der Waals surface area contributed by atoms with E-state index in [4.69, 9.17) is 25.5 Å². The molecule has 0 aliphatic heterocycles. The van der Waals surface area contributed by atoms with Crippen LogP contribution in [0.4, 0.5) is 5.69 Å². The van der Waals surface area contributed by atoms with Gasteiger partial charge in [-0.25, -0.2) is 0 Å². The number of hydrogen-bond acceptors (Lipinski definition) is 5. The summed E-state index contributed by atoms with van der Waals surface area (Å²) in [6.07, 6.45) is 0.859. The minimum absolute atomic E-state index is 0.0178. The van der Waals surface area contributed by atoms with Crippen molar-refractivity contribution in [2.24, 2.45) is 0 Å². The molecule has 0 radical (unpaired) electrons. The maximum Gasteiger partial charge on any atom is 0.255 e. The number of carbonyl (C=O) groups is 2. The van der Waals surface area contributed by atoms with Crippen molar-refractivity contribution in [2.45, 2.75) is 13.3 Å². The lowest BCUT2D eigenvalue weighted by Gasteiger charge is -2.09. The summed E-state index contributed by atoms with van der Waals surface area (Å²) in [5.74, 6) is 0.280. The number of anilines is 1. The van der Waals surface area contributed by atoms with E-state index in [1.54, 1.807) is 54.6 Å². The molecule has 3 aromatic carbocycles. The van der Waals surface area contributed by atoms with E-state index in [0.717, 1.165) is 6.42 Å². The summed E-state index contributed by atoms with van der Waals surface area (Å²) in [5, 5.41) is 3.77. The predicted molar refractivity (Wildman–Crippen MR) is 128 cm³/mol. The van der Waals surface area contributed by atoms with Crippen LogP contribution in [0.25, 0.3) is 11.0 Å². The highest BCUT2D eigenvalue weighted by atomic mass is 35.5. The summed E-state index contributed by atoms with van der Waals surface area (Å²) < 4.78 is 16.6. The van der Waals surface area contributed by atoms with Crippen LogP contribution in [0, 0.1) is 0 Å². The summed E-state index contributed by atoms with van der Waals surface area (Å²) in [4.78, 5) is 26.4. The van der Waals surface area contributed by atoms with Gasteiger partial charge in [-0.1, -0.05) is 36.7 Å². The normalized spacial score (nSPS) is 10.8. The second-order valence-electron chi connectivity index (χ2n) is 7.31. The van der Waals surface area contributed by atoms with Gasteiger partial charge >= 0.3 is 0 Å². The number of carbonyl (C=O) groups excluding carboxylic acids is 2. The molecule has 0 spiro atoms. The van der Waals surface area contributed by atoms with Crippen LogP contribution in [0.1, 0.15) is 39.8 Å². The van der Waals surface area contributed by atoms with Crippen LogP contribution < -0.4 is 14.8 Å². The molecule has 168 valence electrons. The maximum atomic E-state index is 13.3. The quantitative estimate of drug-likeness (QED) is 0.307. The van der Waals surface area contributed by atoms with Gasteiger partial charge in [-0.2, -0.15) is 0 Å². The van der Waals surface area contributed by atoms with Gasteiger partial charge in [0.2, 0.25) is 5.78 Å². The Labute approximate surface area is 196 Å². The average molecular weight is 464 g/mol. The summed E-state index contributed by atoms with van der Waals surface area (Å²) in [5.41, 5.74) is 1.49. The Kier molecular flexibility index (Phi) is 6.66. The standard InChI is InChI=1S/C26H22ClNO5/c1-3-13-32-18-8-6-7-17(14-18)26(30)28-23-19-9-4-5-10-21(19)33-25(23)24(29)16-11-12-22(31-2)20(27)15-16/h4-12,14-15H,3,13H2,1-2H3,(H,28,30). The van der Waals surface area contributed by atoms with E-state index in [-0.39, 0.29) is 11.7 Å². The highest BCUT2D eigenvalue weighted by Crippen LogP contribution is 2.34. The Bertz CT molecular complexity index is 1330. The van der Waals surface area contributed by atoms with Crippen LogP contribution in [-0.4, -0.2) is 25.4 Å². The summed E-state index contributed by atoms with van der Waals surface area (Å²) in [6.45, 7) is 2.57. The minimum atomic E-state index is -0.411. The van der Waals surface area contributed by atoms with Crippen LogP contribution in [0.2, 0.25) is 5.02 Å². The lowest BCUT2D eigenvalue weighted by atomic mass is 10.1. The third kappa shape index (κ3) is 4.71. The number of benzene rings is 3. The van der Waals surface area contributed by atoms with Crippen molar-refractivity contribution in [1.82, 2.24) is 0 Å². The number of rotatable bonds is 8. The van der Waals surface area contributed by atoms with Crippen LogP contribution in [0.3, 0.4) is 0 Å². The van der Waals surface area contributed by atoms with Gasteiger partial charge in [0.1, 0.15) is 17.1 Å². The van der Waals surface area contributed by atoms with Crippen molar-refractivity contribution in [3.63, 3.8) is 0 Å². The number of furan rings is 1. The van der Waals surface area contributed by atoms with E-state index in [0.29, 0.717) is 50.9 Å². The fraction of sp³-hybridized carbons (Fsp3) is 0.154. The summed E-state index contributed by atoms with van der Waals surface area (Å²) >= 11 is 6.21. The number of ketones is 1. The molecule has 1 N–H and O–H groups in total. The number of nitrogens with one attached hydrogen (secondary N) is 1. The number of para-hydroxylation sites is 1. The third-order valence-corrected chi connectivity index (χ3v) is 5.32. The topological polar surface area (TPSA) is 77.8 Å². The van der Waals surface area contributed by atoms with Gasteiger partial charge in [0.25, 0.3) is 5.91 Å². The van der Waals surface area contributed by atoms with E-state index >= 15 is 0 Å². The van der Waals surface area contributed by atoms with Crippen LogP contribution in [0.15, 0.2) is 71.1 Å². The van der Waals surface area contributed by atoms with Crippen molar-refractivity contribution in [3.05, 3.63) is 88.6 Å². The predicted octanol–water partition coefficient (Wildman–Crippen LogP) is 6.37. The van der Waals surface area contributed by atoms with E-state index in [1.807, 2.05) is 13.0 Å². The lowest BCUT2D eigenvalue weighted by Crippen LogP contribution is -2.14. The summed E-state index contributed by atoms with van der Waals surface area (Å²) in [7, 11) is 1.50. The fourth-order valence-electron chi connectivity index (χ4n) is 3.40. The molecule has 1 aromatic heterocycles. The number of hydrogen-bond donors (Lipinski definition) is 1. The maximum absolute atomic E-state index is 13.3. The largest absolute Gasteiger partial charge is 0.495 e. The van der Waals surface area contributed by atoms with E-state index in [1.165, 1.54) is 13.2 Å². The zero-order chi connectivity index (χ0) is 23.4. The number of amides is 1. The van der Waals surface area contributed by atoms with Crippen molar-refractivity contribution in [2.75, 3.05) is 19.0 Å². The molecule has 0 bridgehead atoms. The van der Waals surface area contributed by atoms with Crippen molar-refractivity contribution >= 4 is 39.9 Å². The molecule has 7 heteroatoms. The molecule has 0 saturated carbocycles. The molecule has 1 amide bonds. The third-order valence-electron chi connectivity index (χ3n) is 5.02. The number of ether oxygens (including phenoxy) is 2. The van der Waals surface area contributed by atoms with E-state index < -0.39 is 5.78 Å². The molecule has 0 fully saturated rings. The highest BCUT2D eigenvalue weighted by Gasteiger charge is 2.24. The lowest BCUT2D eigenvalue weighted by molar-refractivity contribution is 0.101.